The van der Waals surface area contributed by atoms with Crippen molar-refractivity contribution in [3.05, 3.63) is 11.6 Å². The zero-order valence-electron chi connectivity index (χ0n) is 7.95. The summed E-state index contributed by atoms with van der Waals surface area (Å²) in [7, 11) is 0. The van der Waals surface area contributed by atoms with Gasteiger partial charge in [0.2, 0.25) is 0 Å². The molecule has 3 heteroatoms. The number of aliphatic carboxylic acids is 1. The Labute approximate surface area is 83.4 Å². The van der Waals surface area contributed by atoms with E-state index < -0.39 is 5.97 Å². The summed E-state index contributed by atoms with van der Waals surface area (Å²) in [6, 6.07) is 0. The molecule has 0 aromatic rings. The van der Waals surface area contributed by atoms with Crippen molar-refractivity contribution in [1.29, 1.82) is 0 Å². The molecular weight excluding hydrogens is 184 g/mol. The maximum absolute atomic E-state index is 10.3. The van der Waals surface area contributed by atoms with E-state index in [2.05, 4.69) is 0 Å². The van der Waals surface area contributed by atoms with Crippen LogP contribution in [0.15, 0.2) is 11.6 Å². The number of rotatable bonds is 4. The van der Waals surface area contributed by atoms with Crippen LogP contribution in [0.1, 0.15) is 32.6 Å². The Morgan fingerprint density at radius 2 is 2.15 bits per heavy atom. The van der Waals surface area contributed by atoms with Gasteiger partial charge >= 0.3 is 5.97 Å². The molecule has 0 aromatic heterocycles. The van der Waals surface area contributed by atoms with Gasteiger partial charge in [-0.05, 0) is 19.8 Å². The second-order valence-corrected chi connectivity index (χ2v) is 4.84. The highest BCUT2D eigenvalue weighted by Crippen LogP contribution is 2.30. The summed E-state index contributed by atoms with van der Waals surface area (Å²) in [5.41, 5.74) is 0.962. The van der Waals surface area contributed by atoms with E-state index in [-0.39, 0.29) is 0 Å². The average molecular weight is 200 g/mol. The Hall–Kier alpha value is -0.440. The van der Waals surface area contributed by atoms with E-state index in [9.17, 15) is 4.79 Å². The smallest absolute Gasteiger partial charge is 0.328 e. The minimum atomic E-state index is -0.829. The number of thioether (sulfide) groups is 1. The van der Waals surface area contributed by atoms with Crippen molar-refractivity contribution in [1.82, 2.24) is 0 Å². The zero-order valence-corrected chi connectivity index (χ0v) is 8.77. The SMILES string of the molecule is CC(=CC(=O)O)CSC1CCCC1. The van der Waals surface area contributed by atoms with Crippen molar-refractivity contribution < 1.29 is 9.90 Å². The van der Waals surface area contributed by atoms with Crippen LogP contribution in [0, 0.1) is 0 Å². The van der Waals surface area contributed by atoms with Gasteiger partial charge in [0.25, 0.3) is 0 Å². The summed E-state index contributed by atoms with van der Waals surface area (Å²) in [5, 5.41) is 9.27. The van der Waals surface area contributed by atoms with Crippen molar-refractivity contribution in [2.24, 2.45) is 0 Å². The molecule has 0 saturated heterocycles. The lowest BCUT2D eigenvalue weighted by Crippen LogP contribution is -1.98. The molecule has 0 atom stereocenters. The summed E-state index contributed by atoms with van der Waals surface area (Å²) in [5.74, 6) is 0.0428. The van der Waals surface area contributed by atoms with Crippen molar-refractivity contribution in [2.45, 2.75) is 37.9 Å². The predicted molar refractivity (Wildman–Crippen MR) is 56.1 cm³/mol. The van der Waals surface area contributed by atoms with Crippen LogP contribution in [0.25, 0.3) is 0 Å². The zero-order chi connectivity index (χ0) is 9.68. The number of carbonyl (C=O) groups is 1. The van der Waals surface area contributed by atoms with Crippen LogP contribution < -0.4 is 0 Å². The van der Waals surface area contributed by atoms with Crippen molar-refractivity contribution in [3.8, 4) is 0 Å². The Balaban J connectivity index is 2.21. The van der Waals surface area contributed by atoms with Crippen LogP contribution in [0.5, 0.6) is 0 Å². The molecule has 0 radical (unpaired) electrons. The van der Waals surface area contributed by atoms with Gasteiger partial charge in [0, 0.05) is 17.1 Å². The molecule has 1 aliphatic rings. The summed E-state index contributed by atoms with van der Waals surface area (Å²) >= 11 is 1.90. The Kier molecular flexibility index (Phi) is 4.36. The molecule has 0 aromatic carbocycles. The molecule has 1 fully saturated rings. The fourth-order valence-corrected chi connectivity index (χ4v) is 2.81. The molecule has 0 spiro atoms. The molecule has 13 heavy (non-hydrogen) atoms. The van der Waals surface area contributed by atoms with Crippen molar-refractivity contribution >= 4 is 17.7 Å². The molecule has 1 rings (SSSR count). The molecule has 0 bridgehead atoms. The number of carboxylic acids is 1. The van der Waals surface area contributed by atoms with Gasteiger partial charge in [-0.3, -0.25) is 0 Å². The Morgan fingerprint density at radius 1 is 1.54 bits per heavy atom. The van der Waals surface area contributed by atoms with E-state index in [4.69, 9.17) is 5.11 Å². The fraction of sp³-hybridized carbons (Fsp3) is 0.700. The average Bonchev–Trinajstić information content (AvgIpc) is 2.51. The highest BCUT2D eigenvalue weighted by Gasteiger charge is 2.14. The minimum absolute atomic E-state index is 0.775. The molecule has 74 valence electrons. The molecule has 0 unspecified atom stereocenters. The van der Waals surface area contributed by atoms with E-state index in [1.165, 1.54) is 31.8 Å². The standard InChI is InChI=1S/C10H16O2S/c1-8(6-10(11)12)7-13-9-4-2-3-5-9/h6,9H,2-5,7H2,1H3,(H,11,12). The second kappa shape index (κ2) is 5.32. The van der Waals surface area contributed by atoms with Crippen molar-refractivity contribution in [3.63, 3.8) is 0 Å². The molecule has 0 amide bonds. The van der Waals surface area contributed by atoms with Gasteiger partial charge in [0.15, 0.2) is 0 Å². The monoisotopic (exact) mass is 200 g/mol. The third-order valence-electron chi connectivity index (χ3n) is 2.22. The van der Waals surface area contributed by atoms with Crippen LogP contribution >= 0.6 is 11.8 Å². The van der Waals surface area contributed by atoms with Gasteiger partial charge in [-0.15, -0.1) is 0 Å². The maximum Gasteiger partial charge on any atom is 0.328 e. The van der Waals surface area contributed by atoms with E-state index in [1.807, 2.05) is 18.7 Å². The topological polar surface area (TPSA) is 37.3 Å². The lowest BCUT2D eigenvalue weighted by Gasteiger charge is -2.07. The van der Waals surface area contributed by atoms with Gasteiger partial charge in [-0.1, -0.05) is 18.4 Å². The molecule has 0 heterocycles. The maximum atomic E-state index is 10.3. The Morgan fingerprint density at radius 3 is 2.69 bits per heavy atom. The number of hydrogen-bond donors (Lipinski definition) is 1. The summed E-state index contributed by atoms with van der Waals surface area (Å²) in [6.07, 6.45) is 6.62. The fourth-order valence-electron chi connectivity index (χ4n) is 1.56. The van der Waals surface area contributed by atoms with Crippen LogP contribution in [0.2, 0.25) is 0 Å². The van der Waals surface area contributed by atoms with Gasteiger partial charge < -0.3 is 5.11 Å². The van der Waals surface area contributed by atoms with E-state index >= 15 is 0 Å². The highest BCUT2D eigenvalue weighted by molar-refractivity contribution is 8.00. The summed E-state index contributed by atoms with van der Waals surface area (Å²) in [4.78, 5) is 10.3. The lowest BCUT2D eigenvalue weighted by atomic mass is 10.3. The Bertz CT molecular complexity index is 205. The van der Waals surface area contributed by atoms with Crippen molar-refractivity contribution in [2.75, 3.05) is 5.75 Å². The summed E-state index contributed by atoms with van der Waals surface area (Å²) < 4.78 is 0. The second-order valence-electron chi connectivity index (χ2n) is 3.55. The molecular formula is C10H16O2S. The van der Waals surface area contributed by atoms with Crippen LogP contribution in [0.3, 0.4) is 0 Å². The minimum Gasteiger partial charge on any atom is -0.478 e. The molecule has 1 N–H and O–H groups in total. The first-order valence-corrected chi connectivity index (χ1v) is 5.75. The lowest BCUT2D eigenvalue weighted by molar-refractivity contribution is -0.131. The van der Waals surface area contributed by atoms with Crippen LogP contribution in [0.4, 0.5) is 0 Å². The van der Waals surface area contributed by atoms with E-state index in [0.29, 0.717) is 0 Å². The molecule has 1 aliphatic carbocycles. The molecule has 0 aliphatic heterocycles. The van der Waals surface area contributed by atoms with E-state index in [0.717, 1.165) is 16.6 Å². The number of carboxylic acid groups (broad SMARTS) is 1. The van der Waals surface area contributed by atoms with Gasteiger partial charge in [0.1, 0.15) is 0 Å². The predicted octanol–water partition coefficient (Wildman–Crippen LogP) is 2.69. The van der Waals surface area contributed by atoms with E-state index in [1.54, 1.807) is 0 Å². The summed E-state index contributed by atoms with van der Waals surface area (Å²) in [6.45, 7) is 1.88. The largest absolute Gasteiger partial charge is 0.478 e. The third-order valence-corrected chi connectivity index (χ3v) is 3.78. The molecule has 1 saturated carbocycles. The quantitative estimate of drug-likeness (QED) is 0.709. The third kappa shape index (κ3) is 4.36. The first-order chi connectivity index (χ1) is 6.18. The first kappa shape index (κ1) is 10.6. The van der Waals surface area contributed by atoms with Gasteiger partial charge in [0.05, 0.1) is 0 Å². The van der Waals surface area contributed by atoms with Gasteiger partial charge in [-0.2, -0.15) is 11.8 Å². The van der Waals surface area contributed by atoms with Crippen LogP contribution in [-0.2, 0) is 4.79 Å². The molecule has 2 nitrogen and oxygen atoms in total. The van der Waals surface area contributed by atoms with Crippen LogP contribution in [-0.4, -0.2) is 22.1 Å². The number of hydrogen-bond acceptors (Lipinski definition) is 2. The van der Waals surface area contributed by atoms with Gasteiger partial charge in [-0.25, -0.2) is 4.79 Å². The normalized spacial score (nSPS) is 19.3. The first-order valence-electron chi connectivity index (χ1n) is 4.70. The highest BCUT2D eigenvalue weighted by atomic mass is 32.2.